The van der Waals surface area contributed by atoms with Gasteiger partial charge in [-0.05, 0) is 23.9 Å². The summed E-state index contributed by atoms with van der Waals surface area (Å²) in [5.41, 5.74) is 0.356. The monoisotopic (exact) mass is 450 g/mol. The van der Waals surface area contributed by atoms with Crippen molar-refractivity contribution < 1.29 is 0 Å². The Labute approximate surface area is 179 Å². The van der Waals surface area contributed by atoms with Crippen LogP contribution in [0.5, 0.6) is 0 Å². The van der Waals surface area contributed by atoms with Crippen LogP contribution in [0, 0.1) is 0 Å². The van der Waals surface area contributed by atoms with Gasteiger partial charge in [-0.25, -0.2) is 14.8 Å². The summed E-state index contributed by atoms with van der Waals surface area (Å²) in [5, 5.41) is 2.15. The van der Waals surface area contributed by atoms with E-state index in [0.29, 0.717) is 31.4 Å². The molecule has 0 unspecified atom stereocenters. The zero-order chi connectivity index (χ0) is 20.9. The predicted molar refractivity (Wildman–Crippen MR) is 113 cm³/mol. The summed E-state index contributed by atoms with van der Waals surface area (Å²) in [6.07, 6.45) is 3.49. The first-order valence-electron chi connectivity index (χ1n) is 8.54. The lowest BCUT2D eigenvalue weighted by molar-refractivity contribution is 0.695. The minimum atomic E-state index is -0.448. The first kappa shape index (κ1) is 19.8. The molecule has 0 saturated heterocycles. The first-order valence-corrected chi connectivity index (χ1v) is 10.1. The van der Waals surface area contributed by atoms with E-state index in [1.54, 1.807) is 36.0 Å². The molecule has 0 bridgehead atoms. The molecule has 0 aliphatic rings. The van der Waals surface area contributed by atoms with E-state index in [9.17, 15) is 9.59 Å². The summed E-state index contributed by atoms with van der Waals surface area (Å²) in [4.78, 5) is 34.2. The Morgan fingerprint density at radius 1 is 1.03 bits per heavy atom. The molecular formula is C18H16Cl2N6O2S. The second kappa shape index (κ2) is 7.40. The van der Waals surface area contributed by atoms with Gasteiger partial charge in [-0.3, -0.25) is 13.9 Å². The van der Waals surface area contributed by atoms with Crippen LogP contribution < -0.4 is 11.2 Å². The van der Waals surface area contributed by atoms with E-state index in [1.165, 1.54) is 23.4 Å². The van der Waals surface area contributed by atoms with Crippen molar-refractivity contribution in [1.29, 1.82) is 0 Å². The number of hydrogen-bond acceptors (Lipinski definition) is 5. The third kappa shape index (κ3) is 3.29. The van der Waals surface area contributed by atoms with Crippen LogP contribution in [0.1, 0.15) is 5.56 Å². The van der Waals surface area contributed by atoms with Gasteiger partial charge in [0.1, 0.15) is 0 Å². The van der Waals surface area contributed by atoms with Crippen molar-refractivity contribution >= 4 is 46.1 Å². The minimum absolute atomic E-state index is 0.217. The molecule has 8 nitrogen and oxygen atoms in total. The average molecular weight is 451 g/mol. The van der Waals surface area contributed by atoms with E-state index < -0.39 is 11.2 Å². The standard InChI is InChI=1S/C18H16Cl2N6O2S/c1-23-8-7-21-16(23)29-17-22-14-13(15(27)25(3)18(28)24(14)2)26(17)9-10-11(19)5-4-6-12(10)20/h4-8H,9H2,1-3H3. The number of aromatic nitrogens is 6. The van der Waals surface area contributed by atoms with Crippen LogP contribution >= 0.6 is 35.0 Å². The fraction of sp³-hybridized carbons (Fsp3) is 0.222. The van der Waals surface area contributed by atoms with Crippen LogP contribution in [0.15, 0.2) is 50.5 Å². The molecule has 0 radical (unpaired) electrons. The van der Waals surface area contributed by atoms with Crippen molar-refractivity contribution in [1.82, 2.24) is 28.2 Å². The van der Waals surface area contributed by atoms with Gasteiger partial charge < -0.3 is 9.13 Å². The number of benzene rings is 1. The van der Waals surface area contributed by atoms with Gasteiger partial charge in [0.05, 0.1) is 6.54 Å². The summed E-state index contributed by atoms with van der Waals surface area (Å²) in [5.74, 6) is 0. The van der Waals surface area contributed by atoms with Gasteiger partial charge >= 0.3 is 5.69 Å². The van der Waals surface area contributed by atoms with Crippen LogP contribution in [0.25, 0.3) is 11.2 Å². The van der Waals surface area contributed by atoms with E-state index in [1.807, 2.05) is 17.8 Å². The van der Waals surface area contributed by atoms with Crippen molar-refractivity contribution in [3.05, 3.63) is 67.0 Å². The van der Waals surface area contributed by atoms with Gasteiger partial charge in [0.15, 0.2) is 21.5 Å². The number of imidazole rings is 2. The Kier molecular flexibility index (Phi) is 5.05. The number of aryl methyl sites for hydroxylation is 2. The second-order valence-corrected chi connectivity index (χ2v) is 8.23. The lowest BCUT2D eigenvalue weighted by Gasteiger charge is -2.12. The van der Waals surface area contributed by atoms with E-state index in [2.05, 4.69) is 9.97 Å². The fourth-order valence-electron chi connectivity index (χ4n) is 3.02. The van der Waals surface area contributed by atoms with Crippen molar-refractivity contribution in [3.63, 3.8) is 0 Å². The fourth-order valence-corrected chi connectivity index (χ4v) is 4.42. The second-order valence-electron chi connectivity index (χ2n) is 6.48. The van der Waals surface area contributed by atoms with Crippen molar-refractivity contribution in [2.45, 2.75) is 16.9 Å². The molecule has 29 heavy (non-hydrogen) atoms. The molecule has 0 N–H and O–H groups in total. The van der Waals surface area contributed by atoms with Crippen LogP contribution in [-0.4, -0.2) is 28.2 Å². The highest BCUT2D eigenvalue weighted by Crippen LogP contribution is 2.31. The van der Waals surface area contributed by atoms with E-state index >= 15 is 0 Å². The molecule has 4 rings (SSSR count). The first-order chi connectivity index (χ1) is 13.8. The van der Waals surface area contributed by atoms with Crippen LogP contribution in [0.4, 0.5) is 0 Å². The molecule has 1 aromatic carbocycles. The topological polar surface area (TPSA) is 79.6 Å². The molecule has 0 aliphatic heterocycles. The molecule has 0 spiro atoms. The molecule has 0 fully saturated rings. The summed E-state index contributed by atoms with van der Waals surface area (Å²) >= 11 is 14.0. The highest BCUT2D eigenvalue weighted by molar-refractivity contribution is 7.99. The number of fused-ring (bicyclic) bond motifs is 1. The smallest absolute Gasteiger partial charge is 0.329 e. The Hall–Kier alpha value is -2.49. The minimum Gasteiger partial charge on any atom is -0.329 e. The zero-order valence-corrected chi connectivity index (χ0v) is 18.1. The molecule has 150 valence electrons. The Bertz CT molecular complexity index is 1350. The molecule has 0 amide bonds. The molecule has 0 aliphatic carbocycles. The van der Waals surface area contributed by atoms with Gasteiger partial charge in [-0.15, -0.1) is 0 Å². The van der Waals surface area contributed by atoms with Gasteiger partial charge in [0, 0.05) is 49.1 Å². The Morgan fingerprint density at radius 3 is 2.34 bits per heavy atom. The summed E-state index contributed by atoms with van der Waals surface area (Å²) in [6.45, 7) is 0.217. The largest absolute Gasteiger partial charge is 0.332 e. The maximum Gasteiger partial charge on any atom is 0.332 e. The highest BCUT2D eigenvalue weighted by atomic mass is 35.5. The quantitative estimate of drug-likeness (QED) is 0.477. The van der Waals surface area contributed by atoms with Crippen LogP contribution in [-0.2, 0) is 27.7 Å². The maximum absolute atomic E-state index is 13.0. The van der Waals surface area contributed by atoms with Crippen LogP contribution in [0.3, 0.4) is 0 Å². The SMILES string of the molecule is Cn1ccnc1Sc1nc2c(c(=O)n(C)c(=O)n2C)n1Cc1c(Cl)cccc1Cl. The van der Waals surface area contributed by atoms with Gasteiger partial charge in [0.2, 0.25) is 0 Å². The molecule has 3 heterocycles. The Morgan fingerprint density at radius 2 is 1.72 bits per heavy atom. The predicted octanol–water partition coefficient (Wildman–Crippen LogP) is 2.67. The molecule has 3 aromatic heterocycles. The van der Waals surface area contributed by atoms with Crippen LogP contribution in [0.2, 0.25) is 10.0 Å². The molecule has 4 aromatic rings. The van der Waals surface area contributed by atoms with Crippen molar-refractivity contribution in [3.8, 4) is 0 Å². The number of hydrogen-bond donors (Lipinski definition) is 0. The molecule has 0 atom stereocenters. The third-order valence-electron chi connectivity index (χ3n) is 4.65. The van der Waals surface area contributed by atoms with Gasteiger partial charge in [-0.2, -0.15) is 0 Å². The lowest BCUT2D eigenvalue weighted by atomic mass is 10.2. The molecule has 0 saturated carbocycles. The number of halogens is 2. The lowest BCUT2D eigenvalue weighted by Crippen LogP contribution is -2.37. The zero-order valence-electron chi connectivity index (χ0n) is 15.8. The van der Waals surface area contributed by atoms with E-state index in [4.69, 9.17) is 23.2 Å². The summed E-state index contributed by atoms with van der Waals surface area (Å²) in [6, 6.07) is 5.23. The average Bonchev–Trinajstić information content (AvgIpc) is 3.25. The summed E-state index contributed by atoms with van der Waals surface area (Å²) < 4.78 is 5.98. The van der Waals surface area contributed by atoms with Crippen molar-refractivity contribution in [2.75, 3.05) is 0 Å². The van der Waals surface area contributed by atoms with Crippen molar-refractivity contribution in [2.24, 2.45) is 21.1 Å². The normalized spacial score (nSPS) is 11.5. The summed E-state index contributed by atoms with van der Waals surface area (Å²) in [7, 11) is 4.89. The molecular weight excluding hydrogens is 435 g/mol. The highest BCUT2D eigenvalue weighted by Gasteiger charge is 2.22. The van der Waals surface area contributed by atoms with E-state index in [0.717, 1.165) is 4.57 Å². The maximum atomic E-state index is 13.0. The van der Waals surface area contributed by atoms with Gasteiger partial charge in [0.25, 0.3) is 5.56 Å². The number of rotatable bonds is 4. The molecule has 11 heteroatoms. The van der Waals surface area contributed by atoms with Gasteiger partial charge in [-0.1, -0.05) is 29.3 Å². The number of nitrogens with zero attached hydrogens (tertiary/aromatic N) is 6. The third-order valence-corrected chi connectivity index (χ3v) is 6.43. The van der Waals surface area contributed by atoms with E-state index in [-0.39, 0.29) is 12.2 Å². The Balaban J connectivity index is 2.01.